The third kappa shape index (κ3) is 5.07. The number of aromatic nitrogens is 2. The maximum Gasteiger partial charge on any atom is 0.323 e. The quantitative estimate of drug-likeness (QED) is 0.388. The lowest BCUT2D eigenvalue weighted by atomic mass is 10.2. The van der Waals surface area contributed by atoms with Gasteiger partial charge in [-0.15, -0.1) is 11.8 Å². The van der Waals surface area contributed by atoms with Gasteiger partial charge in [0.1, 0.15) is 5.65 Å². The molecule has 0 saturated heterocycles. The Bertz CT molecular complexity index is 1320. The number of rotatable bonds is 5. The average Bonchev–Trinajstić information content (AvgIpc) is 2.76. The Hall–Kier alpha value is -3.29. The van der Waals surface area contributed by atoms with Gasteiger partial charge in [0.2, 0.25) is 0 Å². The number of urea groups is 1. The van der Waals surface area contributed by atoms with Gasteiger partial charge in [0.05, 0.1) is 11.4 Å². The van der Waals surface area contributed by atoms with E-state index in [1.54, 1.807) is 30.5 Å². The van der Waals surface area contributed by atoms with Crippen LogP contribution in [0.4, 0.5) is 16.2 Å². The van der Waals surface area contributed by atoms with Crippen molar-refractivity contribution in [1.82, 2.24) is 9.38 Å². The number of anilines is 2. The molecule has 2 N–H and O–H groups in total. The molecule has 6 nitrogen and oxygen atoms in total. The van der Waals surface area contributed by atoms with E-state index in [4.69, 9.17) is 11.6 Å². The van der Waals surface area contributed by atoms with Gasteiger partial charge in [0.15, 0.2) is 0 Å². The Morgan fingerprint density at radius 2 is 1.87 bits per heavy atom. The molecule has 0 aliphatic carbocycles. The summed E-state index contributed by atoms with van der Waals surface area (Å²) < 4.78 is 1.51. The Balaban J connectivity index is 1.46. The van der Waals surface area contributed by atoms with E-state index in [1.807, 2.05) is 43.3 Å². The van der Waals surface area contributed by atoms with Crippen LogP contribution in [0.1, 0.15) is 11.3 Å². The molecule has 0 unspecified atom stereocenters. The summed E-state index contributed by atoms with van der Waals surface area (Å²) in [6, 6.07) is 19.4. The molecule has 4 aromatic rings. The van der Waals surface area contributed by atoms with E-state index < -0.39 is 0 Å². The van der Waals surface area contributed by atoms with Crippen LogP contribution in [0, 0.1) is 6.92 Å². The number of nitrogens with one attached hydrogen (secondary N) is 2. The maximum absolute atomic E-state index is 12.5. The lowest BCUT2D eigenvalue weighted by Crippen LogP contribution is -2.19. The summed E-state index contributed by atoms with van der Waals surface area (Å²) >= 11 is 7.62. The number of halogens is 1. The Labute approximate surface area is 188 Å². The molecule has 0 radical (unpaired) electrons. The van der Waals surface area contributed by atoms with E-state index in [0.29, 0.717) is 33.5 Å². The molecule has 0 bridgehead atoms. The minimum Gasteiger partial charge on any atom is -0.308 e. The summed E-state index contributed by atoms with van der Waals surface area (Å²) in [6.45, 7) is 1.90. The van der Waals surface area contributed by atoms with Gasteiger partial charge < -0.3 is 10.6 Å². The number of nitrogens with zero attached hydrogens (tertiary/aromatic N) is 2. The van der Waals surface area contributed by atoms with Crippen LogP contribution in [0.3, 0.4) is 0 Å². The number of hydrogen-bond donors (Lipinski definition) is 2. The first-order valence-corrected chi connectivity index (χ1v) is 10.9. The number of carbonyl (C=O) groups is 1. The summed E-state index contributed by atoms with van der Waals surface area (Å²) in [7, 11) is 0. The molecule has 4 rings (SSSR count). The normalized spacial score (nSPS) is 10.8. The number of carbonyl (C=O) groups excluding carboxylic acids is 1. The first-order valence-electron chi connectivity index (χ1n) is 9.53. The van der Waals surface area contributed by atoms with E-state index in [2.05, 4.69) is 15.6 Å². The third-order valence-corrected chi connectivity index (χ3v) is 6.08. The van der Waals surface area contributed by atoms with E-state index in [1.165, 1.54) is 22.2 Å². The molecule has 156 valence electrons. The third-order valence-electron chi connectivity index (χ3n) is 4.56. The highest BCUT2D eigenvalue weighted by molar-refractivity contribution is 7.98. The molecule has 2 aromatic heterocycles. The number of para-hydroxylation sites is 1. The molecule has 2 amide bonds. The summed E-state index contributed by atoms with van der Waals surface area (Å²) in [4.78, 5) is 30.2. The van der Waals surface area contributed by atoms with Crippen molar-refractivity contribution in [1.29, 1.82) is 0 Å². The summed E-state index contributed by atoms with van der Waals surface area (Å²) in [6.07, 6.45) is 1.70. The molecule has 0 saturated carbocycles. The van der Waals surface area contributed by atoms with Gasteiger partial charge in [-0.2, -0.15) is 0 Å². The zero-order valence-corrected chi connectivity index (χ0v) is 18.2. The number of benzene rings is 2. The first kappa shape index (κ1) is 21.0. The number of aryl methyl sites for hydroxylation is 1. The van der Waals surface area contributed by atoms with Crippen molar-refractivity contribution < 1.29 is 4.79 Å². The highest BCUT2D eigenvalue weighted by atomic mass is 35.5. The predicted molar refractivity (Wildman–Crippen MR) is 126 cm³/mol. The van der Waals surface area contributed by atoms with Crippen LogP contribution in [-0.4, -0.2) is 15.4 Å². The van der Waals surface area contributed by atoms with E-state index in [0.717, 1.165) is 10.5 Å². The van der Waals surface area contributed by atoms with Gasteiger partial charge in [-0.1, -0.05) is 35.9 Å². The first-order chi connectivity index (χ1) is 15.0. The number of hydrogen-bond acceptors (Lipinski definition) is 4. The van der Waals surface area contributed by atoms with Crippen molar-refractivity contribution in [2.75, 3.05) is 10.6 Å². The van der Waals surface area contributed by atoms with Gasteiger partial charge >= 0.3 is 6.03 Å². The molecular formula is C23H19ClN4O2S. The fourth-order valence-electron chi connectivity index (χ4n) is 2.98. The number of pyridine rings is 1. The fraction of sp³-hybridized carbons (Fsp3) is 0.0870. The standard InChI is InChI=1S/C23H19ClN4O2S/c1-15-9-10-16(12-18(15)24)26-23(30)27-19-6-2-3-7-20(19)31-14-17-13-22(29)28-11-5-4-8-21(28)25-17/h2-13H,14H2,1H3,(H2,26,27,30). The monoisotopic (exact) mass is 450 g/mol. The van der Waals surface area contributed by atoms with E-state index in [-0.39, 0.29) is 11.6 Å². The van der Waals surface area contributed by atoms with E-state index >= 15 is 0 Å². The van der Waals surface area contributed by atoms with Crippen molar-refractivity contribution in [2.24, 2.45) is 0 Å². The van der Waals surface area contributed by atoms with Crippen molar-refractivity contribution in [3.8, 4) is 0 Å². The van der Waals surface area contributed by atoms with Crippen molar-refractivity contribution in [3.05, 3.63) is 99.6 Å². The van der Waals surface area contributed by atoms with Crippen molar-refractivity contribution in [3.63, 3.8) is 0 Å². The second kappa shape index (κ2) is 9.24. The van der Waals surface area contributed by atoms with Crippen molar-refractivity contribution in [2.45, 2.75) is 17.6 Å². The summed E-state index contributed by atoms with van der Waals surface area (Å²) in [5.74, 6) is 0.495. The second-order valence-corrected chi connectivity index (χ2v) is 8.27. The molecule has 8 heteroatoms. The fourth-order valence-corrected chi connectivity index (χ4v) is 4.06. The minimum absolute atomic E-state index is 0.122. The summed E-state index contributed by atoms with van der Waals surface area (Å²) in [5, 5.41) is 6.25. The zero-order valence-electron chi connectivity index (χ0n) is 16.6. The molecule has 0 atom stereocenters. The topological polar surface area (TPSA) is 75.5 Å². The van der Waals surface area contributed by atoms with Crippen LogP contribution in [0.25, 0.3) is 5.65 Å². The molecule has 31 heavy (non-hydrogen) atoms. The van der Waals surface area contributed by atoms with Crippen LogP contribution in [0.5, 0.6) is 0 Å². The smallest absolute Gasteiger partial charge is 0.308 e. The van der Waals surface area contributed by atoms with Crippen molar-refractivity contribution >= 4 is 46.4 Å². The average molecular weight is 451 g/mol. The van der Waals surface area contributed by atoms with Crippen LogP contribution in [0.15, 0.2) is 82.6 Å². The summed E-state index contributed by atoms with van der Waals surface area (Å²) in [5.41, 5.74) is 3.38. The molecule has 2 aromatic carbocycles. The molecular weight excluding hydrogens is 432 g/mol. The van der Waals surface area contributed by atoms with Gasteiger partial charge in [-0.3, -0.25) is 9.20 Å². The van der Waals surface area contributed by atoms with E-state index in [9.17, 15) is 9.59 Å². The highest BCUT2D eigenvalue weighted by Crippen LogP contribution is 2.29. The SMILES string of the molecule is Cc1ccc(NC(=O)Nc2ccccc2SCc2cc(=O)n3ccccc3n2)cc1Cl. The predicted octanol–water partition coefficient (Wildman–Crippen LogP) is 5.59. The maximum atomic E-state index is 12.5. The van der Waals surface area contributed by atoms with Gasteiger partial charge in [0, 0.05) is 33.6 Å². The molecule has 0 spiro atoms. The highest BCUT2D eigenvalue weighted by Gasteiger charge is 2.10. The van der Waals surface area contributed by atoms with Crippen LogP contribution >= 0.6 is 23.4 Å². The van der Waals surface area contributed by atoms with Crippen LogP contribution in [-0.2, 0) is 5.75 Å². The number of fused-ring (bicyclic) bond motifs is 1. The van der Waals surface area contributed by atoms with Gasteiger partial charge in [0.25, 0.3) is 5.56 Å². The molecule has 0 aliphatic heterocycles. The minimum atomic E-state index is -0.366. The molecule has 0 aliphatic rings. The molecule has 2 heterocycles. The Kier molecular flexibility index (Phi) is 6.25. The Morgan fingerprint density at radius 3 is 2.71 bits per heavy atom. The lowest BCUT2D eigenvalue weighted by molar-refractivity contribution is 0.262. The van der Waals surface area contributed by atoms with Gasteiger partial charge in [-0.25, -0.2) is 9.78 Å². The van der Waals surface area contributed by atoms with Gasteiger partial charge in [-0.05, 0) is 48.9 Å². The Morgan fingerprint density at radius 1 is 1.06 bits per heavy atom. The van der Waals surface area contributed by atoms with Crippen LogP contribution in [0.2, 0.25) is 5.02 Å². The van der Waals surface area contributed by atoms with Crippen LogP contribution < -0.4 is 16.2 Å². The lowest BCUT2D eigenvalue weighted by Gasteiger charge is -2.12. The largest absolute Gasteiger partial charge is 0.323 e. The number of thioether (sulfide) groups is 1. The number of amides is 2. The second-order valence-electron chi connectivity index (χ2n) is 6.84. The molecule has 0 fully saturated rings. The zero-order chi connectivity index (χ0) is 21.8.